The number of carbonyl (C=O) groups is 3. The Morgan fingerprint density at radius 2 is 1.86 bits per heavy atom. The van der Waals surface area contributed by atoms with E-state index < -0.39 is 18.0 Å². The van der Waals surface area contributed by atoms with Gasteiger partial charge in [0.05, 0.1) is 6.42 Å². The predicted octanol–water partition coefficient (Wildman–Crippen LogP) is 1.34. The average molecular weight is 388 g/mol. The van der Waals surface area contributed by atoms with E-state index in [4.69, 9.17) is 5.11 Å². The van der Waals surface area contributed by atoms with Crippen molar-refractivity contribution in [2.45, 2.75) is 18.9 Å². The van der Waals surface area contributed by atoms with Gasteiger partial charge in [0.25, 0.3) is 0 Å². The molecule has 1 amide bonds. The number of H-pyrrole nitrogens is 1. The average Bonchev–Trinajstić information content (AvgIpc) is 3.04. The summed E-state index contributed by atoms with van der Waals surface area (Å²) in [6.07, 6.45) is 1.37. The number of aromatic amines is 1. The van der Waals surface area contributed by atoms with Crippen molar-refractivity contribution < 1.29 is 24.6 Å². The minimum absolute atomic E-state index is 0.103. The van der Waals surface area contributed by atoms with Crippen LogP contribution in [0.15, 0.2) is 24.4 Å². The third kappa shape index (κ3) is 4.49. The van der Waals surface area contributed by atoms with Gasteiger partial charge in [-0.3, -0.25) is 19.3 Å². The molecule has 2 heterocycles. The van der Waals surface area contributed by atoms with Gasteiger partial charge in [-0.2, -0.15) is 0 Å². The molecule has 4 N–H and O–H groups in total. The SMILES string of the molecule is CN1CCN([C@@H](C(=O)O)c2c[nH]c3cc(NC(=O)CCC(=O)O)ccc23)CC1. The molecule has 9 nitrogen and oxygen atoms in total. The van der Waals surface area contributed by atoms with Crippen molar-refractivity contribution in [2.75, 3.05) is 38.5 Å². The molecule has 1 fully saturated rings. The number of aromatic nitrogens is 1. The number of likely N-dealkylation sites (N-methyl/N-ethyl adjacent to an activating group) is 1. The summed E-state index contributed by atoms with van der Waals surface area (Å²) in [4.78, 5) is 41.6. The number of rotatable bonds is 7. The van der Waals surface area contributed by atoms with Gasteiger partial charge in [-0.05, 0) is 19.2 Å². The third-order valence-corrected chi connectivity index (χ3v) is 4.99. The van der Waals surface area contributed by atoms with Gasteiger partial charge in [0.1, 0.15) is 6.04 Å². The van der Waals surface area contributed by atoms with Gasteiger partial charge in [0, 0.05) is 61.0 Å². The summed E-state index contributed by atoms with van der Waals surface area (Å²) in [6.45, 7) is 2.99. The van der Waals surface area contributed by atoms with Crippen molar-refractivity contribution in [3.8, 4) is 0 Å². The van der Waals surface area contributed by atoms with E-state index in [-0.39, 0.29) is 18.7 Å². The molecule has 150 valence electrons. The summed E-state index contributed by atoms with van der Waals surface area (Å²) in [7, 11) is 2.02. The molecular formula is C19H24N4O5. The second-order valence-corrected chi connectivity index (χ2v) is 7.03. The van der Waals surface area contributed by atoms with Crippen LogP contribution >= 0.6 is 0 Å². The molecule has 1 atom stereocenters. The quantitative estimate of drug-likeness (QED) is 0.564. The number of nitrogens with one attached hydrogen (secondary N) is 2. The molecule has 0 bridgehead atoms. The summed E-state index contributed by atoms with van der Waals surface area (Å²) in [5.74, 6) is -2.30. The van der Waals surface area contributed by atoms with E-state index >= 15 is 0 Å². The van der Waals surface area contributed by atoms with Gasteiger partial charge >= 0.3 is 11.9 Å². The van der Waals surface area contributed by atoms with Gasteiger partial charge in [-0.15, -0.1) is 0 Å². The first kappa shape index (κ1) is 19.8. The Bertz CT molecular complexity index is 886. The number of carboxylic acid groups (broad SMARTS) is 2. The fraction of sp³-hybridized carbons (Fsp3) is 0.421. The van der Waals surface area contributed by atoms with Crippen LogP contribution in [0.3, 0.4) is 0 Å². The van der Waals surface area contributed by atoms with E-state index in [0.717, 1.165) is 18.5 Å². The van der Waals surface area contributed by atoms with E-state index in [1.54, 1.807) is 24.4 Å². The van der Waals surface area contributed by atoms with Crippen molar-refractivity contribution in [2.24, 2.45) is 0 Å². The molecule has 1 aliphatic rings. The molecule has 1 saturated heterocycles. The Morgan fingerprint density at radius 1 is 1.14 bits per heavy atom. The molecule has 0 aliphatic carbocycles. The van der Waals surface area contributed by atoms with Crippen LogP contribution in [0.1, 0.15) is 24.4 Å². The topological polar surface area (TPSA) is 126 Å². The molecule has 0 spiro atoms. The molecule has 2 aromatic rings. The third-order valence-electron chi connectivity index (χ3n) is 4.99. The molecule has 0 radical (unpaired) electrons. The minimum Gasteiger partial charge on any atom is -0.481 e. The molecule has 9 heteroatoms. The lowest BCUT2D eigenvalue weighted by Crippen LogP contribution is -2.47. The highest BCUT2D eigenvalue weighted by atomic mass is 16.4. The van der Waals surface area contributed by atoms with Crippen LogP contribution in [0.25, 0.3) is 10.9 Å². The summed E-state index contributed by atoms with van der Waals surface area (Å²) in [5, 5.41) is 21.9. The van der Waals surface area contributed by atoms with E-state index in [1.165, 1.54) is 0 Å². The van der Waals surface area contributed by atoms with Crippen LogP contribution in [0, 0.1) is 0 Å². The number of fused-ring (bicyclic) bond motifs is 1. The monoisotopic (exact) mass is 388 g/mol. The number of aliphatic carboxylic acids is 2. The summed E-state index contributed by atoms with van der Waals surface area (Å²) in [6, 6.07) is 4.46. The van der Waals surface area contributed by atoms with Crippen molar-refractivity contribution in [3.63, 3.8) is 0 Å². The van der Waals surface area contributed by atoms with Crippen LogP contribution in [-0.4, -0.2) is 76.1 Å². The number of nitrogens with zero attached hydrogens (tertiary/aromatic N) is 2. The van der Waals surface area contributed by atoms with E-state index in [9.17, 15) is 19.5 Å². The fourth-order valence-corrected chi connectivity index (χ4v) is 3.46. The molecule has 3 rings (SSSR count). The van der Waals surface area contributed by atoms with E-state index in [0.29, 0.717) is 29.9 Å². The van der Waals surface area contributed by atoms with Crippen LogP contribution in [0.4, 0.5) is 5.69 Å². The lowest BCUT2D eigenvalue weighted by atomic mass is 10.0. The van der Waals surface area contributed by atoms with Gasteiger partial charge in [0.15, 0.2) is 0 Å². The lowest BCUT2D eigenvalue weighted by Gasteiger charge is -2.36. The number of anilines is 1. The lowest BCUT2D eigenvalue weighted by molar-refractivity contribution is -0.144. The van der Waals surface area contributed by atoms with Crippen molar-refractivity contribution in [1.82, 2.24) is 14.8 Å². The molecule has 1 aromatic heterocycles. The highest BCUT2D eigenvalue weighted by Crippen LogP contribution is 2.31. The number of hydrogen-bond acceptors (Lipinski definition) is 5. The van der Waals surface area contributed by atoms with Gasteiger partial charge in [-0.1, -0.05) is 6.07 Å². The first-order chi connectivity index (χ1) is 13.3. The Balaban J connectivity index is 1.80. The summed E-state index contributed by atoms with van der Waals surface area (Å²) in [5.41, 5.74) is 1.94. The number of amides is 1. The van der Waals surface area contributed by atoms with Crippen LogP contribution in [0.2, 0.25) is 0 Å². The Hall–Kier alpha value is -2.91. The summed E-state index contributed by atoms with van der Waals surface area (Å²) >= 11 is 0. The largest absolute Gasteiger partial charge is 0.481 e. The maximum absolute atomic E-state index is 12.0. The van der Waals surface area contributed by atoms with E-state index in [1.807, 2.05) is 11.9 Å². The number of carboxylic acids is 2. The highest BCUT2D eigenvalue weighted by molar-refractivity contribution is 5.96. The zero-order valence-electron chi connectivity index (χ0n) is 15.6. The first-order valence-corrected chi connectivity index (χ1v) is 9.13. The molecular weight excluding hydrogens is 364 g/mol. The van der Waals surface area contributed by atoms with Gasteiger partial charge in [-0.25, -0.2) is 0 Å². The number of hydrogen-bond donors (Lipinski definition) is 4. The zero-order chi connectivity index (χ0) is 20.3. The second kappa shape index (κ2) is 8.41. The van der Waals surface area contributed by atoms with Gasteiger partial charge < -0.3 is 25.4 Å². The Kier molecular flexibility index (Phi) is 5.96. The number of benzene rings is 1. The maximum atomic E-state index is 12.0. The van der Waals surface area contributed by atoms with Crippen LogP contribution in [-0.2, 0) is 14.4 Å². The Morgan fingerprint density at radius 3 is 2.50 bits per heavy atom. The molecule has 28 heavy (non-hydrogen) atoms. The van der Waals surface area contributed by atoms with Crippen molar-refractivity contribution in [1.29, 1.82) is 0 Å². The molecule has 1 aliphatic heterocycles. The minimum atomic E-state index is -1.02. The second-order valence-electron chi connectivity index (χ2n) is 7.03. The van der Waals surface area contributed by atoms with Crippen LogP contribution in [0.5, 0.6) is 0 Å². The zero-order valence-corrected chi connectivity index (χ0v) is 15.6. The first-order valence-electron chi connectivity index (χ1n) is 9.13. The van der Waals surface area contributed by atoms with E-state index in [2.05, 4.69) is 15.2 Å². The predicted molar refractivity (Wildman–Crippen MR) is 103 cm³/mol. The number of piperazine rings is 1. The van der Waals surface area contributed by atoms with Gasteiger partial charge in [0.2, 0.25) is 5.91 Å². The van der Waals surface area contributed by atoms with Crippen molar-refractivity contribution >= 4 is 34.4 Å². The molecule has 1 aromatic carbocycles. The summed E-state index contributed by atoms with van der Waals surface area (Å²) < 4.78 is 0. The fourth-order valence-electron chi connectivity index (χ4n) is 3.46. The Labute approximate surface area is 161 Å². The van der Waals surface area contributed by atoms with Crippen molar-refractivity contribution in [3.05, 3.63) is 30.0 Å². The van der Waals surface area contributed by atoms with Crippen LogP contribution < -0.4 is 5.32 Å². The number of carbonyl (C=O) groups excluding carboxylic acids is 1. The standard InChI is InChI=1S/C19H24N4O5/c1-22-6-8-23(9-7-22)18(19(27)28)14-11-20-15-10-12(2-3-13(14)15)21-16(24)4-5-17(25)26/h2-3,10-11,18,20H,4-9H2,1H3,(H,21,24)(H,25,26)(H,27,28)/t18-/m1/s1. The highest BCUT2D eigenvalue weighted by Gasteiger charge is 2.31. The molecule has 0 saturated carbocycles. The smallest absolute Gasteiger partial charge is 0.325 e. The maximum Gasteiger partial charge on any atom is 0.325 e. The normalized spacial score (nSPS) is 16.8. The molecule has 0 unspecified atom stereocenters.